The molecule has 2 atom stereocenters. The molecule has 7 rings (SSSR count). The Bertz CT molecular complexity index is 969. The summed E-state index contributed by atoms with van der Waals surface area (Å²) in [5.74, 6) is 2.03. The first-order chi connectivity index (χ1) is 14.3. The van der Waals surface area contributed by atoms with Gasteiger partial charge in [0.2, 0.25) is 11.9 Å². The molecular weight excluding hydrogens is 378 g/mol. The number of aliphatic hydroxyl groups is 1. The molecule has 0 aromatic carbocycles. The van der Waals surface area contributed by atoms with Gasteiger partial charge in [-0.2, -0.15) is 4.98 Å². The number of nitrogens with zero attached hydrogens (tertiary/aromatic N) is 6. The van der Waals surface area contributed by atoms with E-state index < -0.39 is 5.60 Å². The molecule has 8 nitrogen and oxygen atoms in total. The molecule has 3 N–H and O–H groups in total. The summed E-state index contributed by atoms with van der Waals surface area (Å²) in [5.41, 5.74) is 7.19. The fourth-order valence-corrected chi connectivity index (χ4v) is 6.34. The Morgan fingerprint density at radius 2 is 1.67 bits per heavy atom. The van der Waals surface area contributed by atoms with Crippen LogP contribution in [0.4, 0.5) is 17.7 Å². The third-order valence-electron chi connectivity index (χ3n) is 7.61. The first-order valence-electron chi connectivity index (χ1n) is 11.0. The molecule has 0 radical (unpaired) electrons. The van der Waals surface area contributed by atoms with Gasteiger partial charge in [0.1, 0.15) is 5.82 Å². The first-order valence-corrected chi connectivity index (χ1v) is 11.0. The topological polar surface area (TPSA) is 104 Å². The van der Waals surface area contributed by atoms with Gasteiger partial charge in [0, 0.05) is 48.7 Å². The van der Waals surface area contributed by atoms with Crippen molar-refractivity contribution < 1.29 is 5.11 Å². The van der Waals surface area contributed by atoms with Gasteiger partial charge in [0.25, 0.3) is 0 Å². The van der Waals surface area contributed by atoms with Crippen LogP contribution < -0.4 is 15.5 Å². The van der Waals surface area contributed by atoms with Crippen LogP contribution in [0.5, 0.6) is 0 Å². The maximum Gasteiger partial charge on any atom is 0.228 e. The van der Waals surface area contributed by atoms with Crippen molar-refractivity contribution in [3.8, 4) is 11.3 Å². The van der Waals surface area contributed by atoms with Crippen molar-refractivity contribution in [1.29, 1.82) is 0 Å². The molecule has 4 bridgehead atoms. The molecular formula is C22H29N7O. The highest BCUT2D eigenvalue weighted by atomic mass is 16.3. The van der Waals surface area contributed by atoms with E-state index in [-0.39, 0.29) is 5.95 Å². The molecule has 6 heterocycles. The Balaban J connectivity index is 1.42. The molecule has 4 aliphatic heterocycles. The highest BCUT2D eigenvalue weighted by molar-refractivity contribution is 5.65. The van der Waals surface area contributed by atoms with Crippen LogP contribution in [0.2, 0.25) is 0 Å². The largest absolute Gasteiger partial charge is 0.390 e. The van der Waals surface area contributed by atoms with Crippen LogP contribution in [0.3, 0.4) is 0 Å². The third-order valence-corrected chi connectivity index (χ3v) is 7.61. The summed E-state index contributed by atoms with van der Waals surface area (Å²) in [7, 11) is 0. The maximum absolute atomic E-state index is 10.7. The quantitative estimate of drug-likeness (QED) is 0.799. The fraction of sp³-hybridized carbons (Fsp3) is 0.636. The maximum atomic E-state index is 10.7. The summed E-state index contributed by atoms with van der Waals surface area (Å²) in [6.07, 6.45) is 9.69. The zero-order valence-corrected chi connectivity index (χ0v) is 17.6. The summed E-state index contributed by atoms with van der Waals surface area (Å²) in [5, 5.41) is 10.7. The van der Waals surface area contributed by atoms with Gasteiger partial charge in [-0.15, -0.1) is 0 Å². The Morgan fingerprint density at radius 3 is 2.27 bits per heavy atom. The summed E-state index contributed by atoms with van der Waals surface area (Å²) < 4.78 is 0. The third kappa shape index (κ3) is 2.84. The van der Waals surface area contributed by atoms with E-state index in [9.17, 15) is 5.11 Å². The molecule has 158 valence electrons. The summed E-state index contributed by atoms with van der Waals surface area (Å²) in [6.45, 7) is 5.34. The number of rotatable bonds is 3. The lowest BCUT2D eigenvalue weighted by Gasteiger charge is -2.43. The van der Waals surface area contributed by atoms with E-state index in [4.69, 9.17) is 15.7 Å². The van der Waals surface area contributed by atoms with Crippen molar-refractivity contribution in [3.05, 3.63) is 18.5 Å². The number of nitrogens with two attached hydrogens (primary N) is 1. The fourth-order valence-electron chi connectivity index (χ4n) is 6.34. The SMILES string of the molecule is CC1(O)CC2CCC(C1)N2c1cc(-c2cnc(N)nc2)nc(N2CC3(C)CC2C3)n1. The van der Waals surface area contributed by atoms with Crippen LogP contribution in [0.15, 0.2) is 18.5 Å². The van der Waals surface area contributed by atoms with E-state index >= 15 is 0 Å². The van der Waals surface area contributed by atoms with Gasteiger partial charge >= 0.3 is 0 Å². The number of hydrogen-bond donors (Lipinski definition) is 2. The highest BCUT2D eigenvalue weighted by Crippen LogP contribution is 2.52. The minimum atomic E-state index is -0.587. The highest BCUT2D eigenvalue weighted by Gasteiger charge is 2.53. The molecule has 2 aromatic rings. The Labute approximate surface area is 176 Å². The molecule has 0 spiro atoms. The van der Waals surface area contributed by atoms with Gasteiger partial charge in [-0.05, 0) is 50.9 Å². The molecule has 5 aliphatic rings. The second-order valence-electron chi connectivity index (χ2n) is 10.4. The molecule has 30 heavy (non-hydrogen) atoms. The number of fused-ring (bicyclic) bond motifs is 3. The van der Waals surface area contributed by atoms with E-state index in [0.717, 1.165) is 55.3 Å². The van der Waals surface area contributed by atoms with Gasteiger partial charge in [-0.3, -0.25) is 0 Å². The van der Waals surface area contributed by atoms with Crippen LogP contribution in [-0.4, -0.2) is 55.3 Å². The Kier molecular flexibility index (Phi) is 3.68. The van der Waals surface area contributed by atoms with Crippen molar-refractivity contribution >= 4 is 17.7 Å². The zero-order chi connectivity index (χ0) is 20.7. The zero-order valence-electron chi connectivity index (χ0n) is 17.6. The number of nitrogen functional groups attached to an aromatic ring is 1. The van der Waals surface area contributed by atoms with Crippen LogP contribution in [0.25, 0.3) is 11.3 Å². The molecule has 1 saturated carbocycles. The normalized spacial score (nSPS) is 36.8. The molecule has 2 aromatic heterocycles. The van der Waals surface area contributed by atoms with E-state index in [1.165, 1.54) is 12.8 Å². The summed E-state index contributed by atoms with van der Waals surface area (Å²) in [4.78, 5) is 23.2. The summed E-state index contributed by atoms with van der Waals surface area (Å²) in [6, 6.07) is 3.24. The average Bonchev–Trinajstić information content (AvgIpc) is 3.28. The first kappa shape index (κ1) is 18.3. The molecule has 1 aliphatic carbocycles. The van der Waals surface area contributed by atoms with E-state index in [0.29, 0.717) is 23.5 Å². The van der Waals surface area contributed by atoms with Gasteiger partial charge in [-0.25, -0.2) is 15.0 Å². The van der Waals surface area contributed by atoms with Gasteiger partial charge < -0.3 is 20.6 Å². The lowest BCUT2D eigenvalue weighted by molar-refractivity contribution is 0.0198. The lowest BCUT2D eigenvalue weighted by atomic mass is 9.72. The molecule has 5 fully saturated rings. The molecule has 2 unspecified atom stereocenters. The number of aromatic nitrogens is 4. The van der Waals surface area contributed by atoms with E-state index in [1.54, 1.807) is 12.4 Å². The summed E-state index contributed by atoms with van der Waals surface area (Å²) >= 11 is 0. The van der Waals surface area contributed by atoms with E-state index in [1.807, 2.05) is 6.92 Å². The Morgan fingerprint density at radius 1 is 1.00 bits per heavy atom. The van der Waals surface area contributed by atoms with E-state index in [2.05, 4.69) is 32.8 Å². The van der Waals surface area contributed by atoms with Crippen molar-refractivity contribution in [3.63, 3.8) is 0 Å². The standard InChI is InChI=1S/C22H29N7O/c1-21-6-16(7-21)28(12-21)20-26-17(13-10-24-19(23)25-11-13)5-18(27-20)29-14-3-4-15(29)9-22(2,30)8-14/h5,10-11,14-16,30H,3-4,6-9,12H2,1-2H3,(H2,23,24,25). The number of anilines is 3. The predicted molar refractivity (Wildman–Crippen MR) is 115 cm³/mol. The Hall–Kier alpha value is -2.48. The molecule has 8 heteroatoms. The van der Waals surface area contributed by atoms with Crippen LogP contribution in [0, 0.1) is 5.41 Å². The van der Waals surface area contributed by atoms with Gasteiger partial charge in [0.15, 0.2) is 0 Å². The number of hydrogen-bond acceptors (Lipinski definition) is 8. The minimum Gasteiger partial charge on any atom is -0.390 e. The second kappa shape index (κ2) is 6.03. The van der Waals surface area contributed by atoms with Crippen LogP contribution in [-0.2, 0) is 0 Å². The molecule has 4 saturated heterocycles. The molecule has 0 amide bonds. The van der Waals surface area contributed by atoms with Crippen molar-refractivity contribution in [1.82, 2.24) is 19.9 Å². The lowest BCUT2D eigenvalue weighted by Crippen LogP contribution is -2.50. The second-order valence-corrected chi connectivity index (χ2v) is 10.4. The smallest absolute Gasteiger partial charge is 0.228 e. The minimum absolute atomic E-state index is 0.262. The van der Waals surface area contributed by atoms with Gasteiger partial charge in [-0.1, -0.05) is 6.92 Å². The van der Waals surface area contributed by atoms with Crippen molar-refractivity contribution in [2.24, 2.45) is 5.41 Å². The van der Waals surface area contributed by atoms with Crippen LogP contribution in [0.1, 0.15) is 52.4 Å². The van der Waals surface area contributed by atoms with Crippen LogP contribution >= 0.6 is 0 Å². The average molecular weight is 408 g/mol. The van der Waals surface area contributed by atoms with Gasteiger partial charge in [0.05, 0.1) is 11.3 Å². The van der Waals surface area contributed by atoms with Crippen molar-refractivity contribution in [2.75, 3.05) is 22.1 Å². The number of piperidine rings is 1. The predicted octanol–water partition coefficient (Wildman–Crippen LogP) is 2.39. The monoisotopic (exact) mass is 407 g/mol. The van der Waals surface area contributed by atoms with Crippen molar-refractivity contribution in [2.45, 2.75) is 76.1 Å².